The third kappa shape index (κ3) is 2.03. The summed E-state index contributed by atoms with van der Waals surface area (Å²) in [5.41, 5.74) is 0.732. The summed E-state index contributed by atoms with van der Waals surface area (Å²) in [5, 5.41) is 0. The first-order chi connectivity index (χ1) is 7.07. The van der Waals surface area contributed by atoms with E-state index in [9.17, 15) is 13.2 Å². The van der Waals surface area contributed by atoms with Gasteiger partial charge in [0.25, 0.3) is 0 Å². The highest BCUT2D eigenvalue weighted by Gasteiger charge is 2.29. The van der Waals surface area contributed by atoms with Crippen molar-refractivity contribution in [3.05, 3.63) is 48.4 Å². The SMILES string of the molecule is FC(F)(F)c1ccc(-c2c[c]oc2)cc1. The molecule has 1 heterocycles. The lowest BCUT2D eigenvalue weighted by molar-refractivity contribution is -0.137. The van der Waals surface area contributed by atoms with Crippen LogP contribution in [0.3, 0.4) is 0 Å². The molecule has 0 spiro atoms. The van der Waals surface area contributed by atoms with Crippen LogP contribution in [0.1, 0.15) is 5.56 Å². The van der Waals surface area contributed by atoms with E-state index in [1.54, 1.807) is 6.07 Å². The molecule has 0 unspecified atom stereocenters. The summed E-state index contributed by atoms with van der Waals surface area (Å²) in [6.45, 7) is 0. The monoisotopic (exact) mass is 211 g/mol. The quantitative estimate of drug-likeness (QED) is 0.699. The summed E-state index contributed by atoms with van der Waals surface area (Å²) < 4.78 is 41.4. The largest absolute Gasteiger partial charge is 0.460 e. The lowest BCUT2D eigenvalue weighted by Gasteiger charge is -2.06. The Morgan fingerprint density at radius 3 is 2.13 bits per heavy atom. The first kappa shape index (κ1) is 9.83. The number of hydrogen-bond acceptors (Lipinski definition) is 1. The molecule has 1 aromatic heterocycles. The standard InChI is InChI=1S/C11H6F3O/c12-11(13,14)10-3-1-8(2-4-10)9-5-6-15-7-9/h1-5,7H. The number of hydrogen-bond donors (Lipinski definition) is 0. The second kappa shape index (κ2) is 3.46. The van der Waals surface area contributed by atoms with Crippen molar-refractivity contribution < 1.29 is 17.6 Å². The summed E-state index contributed by atoms with van der Waals surface area (Å²) >= 11 is 0. The summed E-state index contributed by atoms with van der Waals surface area (Å²) in [6.07, 6.45) is -0.382. The maximum absolute atomic E-state index is 12.2. The highest BCUT2D eigenvalue weighted by Crippen LogP contribution is 2.30. The molecule has 1 nitrogen and oxygen atoms in total. The van der Waals surface area contributed by atoms with Gasteiger partial charge in [-0.1, -0.05) is 12.1 Å². The summed E-state index contributed by atoms with van der Waals surface area (Å²) in [7, 11) is 0. The normalized spacial score (nSPS) is 11.7. The van der Waals surface area contributed by atoms with Gasteiger partial charge in [0.15, 0.2) is 6.26 Å². The van der Waals surface area contributed by atoms with Crippen LogP contribution in [0.5, 0.6) is 0 Å². The molecule has 2 rings (SSSR count). The smallest absolute Gasteiger partial charge is 0.416 e. The molecular formula is C11H6F3O. The van der Waals surface area contributed by atoms with Gasteiger partial charge >= 0.3 is 6.18 Å². The van der Waals surface area contributed by atoms with E-state index in [1.165, 1.54) is 18.4 Å². The first-order valence-corrected chi connectivity index (χ1v) is 4.19. The average molecular weight is 211 g/mol. The summed E-state index contributed by atoms with van der Waals surface area (Å²) in [4.78, 5) is 0. The molecule has 1 aromatic carbocycles. The zero-order chi connectivity index (χ0) is 10.9. The topological polar surface area (TPSA) is 13.1 Å². The van der Waals surface area contributed by atoms with E-state index in [0.717, 1.165) is 12.1 Å². The van der Waals surface area contributed by atoms with Crippen molar-refractivity contribution in [1.29, 1.82) is 0 Å². The number of rotatable bonds is 1. The Balaban J connectivity index is 2.33. The van der Waals surface area contributed by atoms with Crippen LogP contribution in [0.25, 0.3) is 11.1 Å². The number of halogens is 3. The maximum Gasteiger partial charge on any atom is 0.416 e. The van der Waals surface area contributed by atoms with E-state index in [4.69, 9.17) is 4.42 Å². The molecule has 0 aliphatic heterocycles. The van der Waals surface area contributed by atoms with E-state index in [2.05, 4.69) is 6.26 Å². The van der Waals surface area contributed by atoms with Crippen LogP contribution >= 0.6 is 0 Å². The molecular weight excluding hydrogens is 205 g/mol. The van der Waals surface area contributed by atoms with Crippen LogP contribution < -0.4 is 0 Å². The molecule has 2 aromatic rings. The van der Waals surface area contributed by atoms with Crippen LogP contribution in [0, 0.1) is 6.26 Å². The summed E-state index contributed by atoms with van der Waals surface area (Å²) in [5.74, 6) is 0. The van der Waals surface area contributed by atoms with E-state index >= 15 is 0 Å². The molecule has 77 valence electrons. The lowest BCUT2D eigenvalue weighted by Crippen LogP contribution is -2.03. The van der Waals surface area contributed by atoms with E-state index < -0.39 is 11.7 Å². The fourth-order valence-corrected chi connectivity index (χ4v) is 1.23. The van der Waals surface area contributed by atoms with Crippen LogP contribution in [0.15, 0.2) is 41.0 Å². The van der Waals surface area contributed by atoms with Crippen molar-refractivity contribution in [2.45, 2.75) is 6.18 Å². The third-order valence-electron chi connectivity index (χ3n) is 2.01. The minimum atomic E-state index is -4.29. The molecule has 15 heavy (non-hydrogen) atoms. The maximum atomic E-state index is 12.2. The van der Waals surface area contributed by atoms with Gasteiger partial charge in [-0.3, -0.25) is 0 Å². The Morgan fingerprint density at radius 2 is 1.67 bits per heavy atom. The molecule has 0 amide bonds. The van der Waals surface area contributed by atoms with Crippen molar-refractivity contribution in [3.8, 4) is 11.1 Å². The van der Waals surface area contributed by atoms with E-state index in [1.807, 2.05) is 0 Å². The van der Waals surface area contributed by atoms with Crippen LogP contribution in [0.2, 0.25) is 0 Å². The van der Waals surface area contributed by atoms with E-state index in [0.29, 0.717) is 11.1 Å². The molecule has 0 N–H and O–H groups in total. The van der Waals surface area contributed by atoms with Crippen LogP contribution in [-0.4, -0.2) is 0 Å². The number of furan rings is 1. The van der Waals surface area contributed by atoms with Crippen molar-refractivity contribution in [2.24, 2.45) is 0 Å². The van der Waals surface area contributed by atoms with Crippen molar-refractivity contribution in [1.82, 2.24) is 0 Å². The predicted octanol–water partition coefficient (Wildman–Crippen LogP) is 3.77. The Labute approximate surface area is 84.1 Å². The second-order valence-corrected chi connectivity index (χ2v) is 3.03. The van der Waals surface area contributed by atoms with Gasteiger partial charge in [0.1, 0.15) is 0 Å². The van der Waals surface area contributed by atoms with Crippen LogP contribution in [0.4, 0.5) is 13.2 Å². The Morgan fingerprint density at radius 1 is 1.00 bits per heavy atom. The van der Waals surface area contributed by atoms with Gasteiger partial charge < -0.3 is 4.42 Å². The van der Waals surface area contributed by atoms with Crippen molar-refractivity contribution in [2.75, 3.05) is 0 Å². The Bertz CT molecular complexity index is 426. The van der Waals surface area contributed by atoms with Crippen molar-refractivity contribution in [3.63, 3.8) is 0 Å². The second-order valence-electron chi connectivity index (χ2n) is 3.03. The van der Waals surface area contributed by atoms with E-state index in [-0.39, 0.29) is 0 Å². The van der Waals surface area contributed by atoms with Gasteiger partial charge in [0.05, 0.1) is 11.8 Å². The minimum absolute atomic E-state index is 0.654. The van der Waals surface area contributed by atoms with Gasteiger partial charge in [-0.25, -0.2) is 0 Å². The average Bonchev–Trinajstić information content (AvgIpc) is 2.69. The fourth-order valence-electron chi connectivity index (χ4n) is 1.23. The zero-order valence-electron chi connectivity index (χ0n) is 7.51. The molecule has 0 fully saturated rings. The molecule has 0 aliphatic rings. The highest BCUT2D eigenvalue weighted by molar-refractivity contribution is 5.62. The minimum Gasteiger partial charge on any atom is -0.460 e. The van der Waals surface area contributed by atoms with Crippen LogP contribution in [-0.2, 0) is 6.18 Å². The number of alkyl halides is 3. The van der Waals surface area contributed by atoms with Gasteiger partial charge in [0, 0.05) is 5.56 Å². The fraction of sp³-hybridized carbons (Fsp3) is 0.0909. The van der Waals surface area contributed by atoms with Gasteiger partial charge in [-0.05, 0) is 23.8 Å². The Hall–Kier alpha value is -1.71. The molecule has 0 saturated carbocycles. The molecule has 1 radical (unpaired) electrons. The Kier molecular flexibility index (Phi) is 2.26. The predicted molar refractivity (Wildman–Crippen MR) is 48.0 cm³/mol. The molecule has 0 atom stereocenters. The molecule has 0 saturated heterocycles. The third-order valence-corrected chi connectivity index (χ3v) is 2.01. The summed E-state index contributed by atoms with van der Waals surface area (Å²) in [6, 6.07) is 6.47. The first-order valence-electron chi connectivity index (χ1n) is 4.19. The van der Waals surface area contributed by atoms with Gasteiger partial charge in [-0.15, -0.1) is 0 Å². The van der Waals surface area contributed by atoms with Gasteiger partial charge in [-0.2, -0.15) is 13.2 Å². The number of benzene rings is 1. The molecule has 0 aliphatic carbocycles. The molecule has 0 bridgehead atoms. The van der Waals surface area contributed by atoms with Crippen molar-refractivity contribution >= 4 is 0 Å². The van der Waals surface area contributed by atoms with Gasteiger partial charge in [0.2, 0.25) is 0 Å². The zero-order valence-corrected chi connectivity index (χ0v) is 7.51. The molecule has 4 heteroatoms. The lowest BCUT2D eigenvalue weighted by atomic mass is 10.1. The highest BCUT2D eigenvalue weighted by atomic mass is 19.4.